The summed E-state index contributed by atoms with van der Waals surface area (Å²) in [5, 5.41) is 12.2. The van der Waals surface area contributed by atoms with E-state index < -0.39 is 5.41 Å². The van der Waals surface area contributed by atoms with Gasteiger partial charge in [-0.05, 0) is 38.0 Å². The minimum atomic E-state index is -0.405. The monoisotopic (exact) mass is 278 g/mol. The highest BCUT2D eigenvalue weighted by atomic mass is 16.5. The molecule has 0 heterocycles. The van der Waals surface area contributed by atoms with Crippen LogP contribution in [-0.4, -0.2) is 24.2 Å². The smallest absolute Gasteiger partial charge is 0.231 e. The van der Waals surface area contributed by atoms with Gasteiger partial charge in [-0.3, -0.25) is 4.79 Å². The third-order valence-electron chi connectivity index (χ3n) is 3.97. The molecule has 0 bridgehead atoms. The summed E-state index contributed by atoms with van der Waals surface area (Å²) in [6, 6.07) is 5.29. The maximum Gasteiger partial charge on any atom is 0.231 e. The molecule has 0 atom stereocenters. The van der Waals surface area contributed by atoms with Crippen molar-refractivity contribution in [2.75, 3.05) is 18.5 Å². The Kier molecular flexibility index (Phi) is 4.62. The Bertz CT molecular complexity index is 478. The van der Waals surface area contributed by atoms with Crippen molar-refractivity contribution in [1.29, 1.82) is 0 Å². The number of carbonyl (C=O) groups excluding carboxylic acids is 1. The molecule has 110 valence electrons. The Balaban J connectivity index is 2.11. The highest BCUT2D eigenvalue weighted by molar-refractivity contribution is 5.96. The van der Waals surface area contributed by atoms with Crippen LogP contribution in [0.4, 0.5) is 5.69 Å². The van der Waals surface area contributed by atoms with Crippen LogP contribution >= 0.6 is 0 Å². The maximum absolute atomic E-state index is 12.3. The van der Waals surface area contributed by atoms with Crippen LogP contribution in [0, 0.1) is 5.41 Å². The van der Waals surface area contributed by atoms with Crippen molar-refractivity contribution in [3.8, 4) is 5.75 Å². The lowest BCUT2D eigenvalue weighted by Crippen LogP contribution is -2.47. The molecule has 0 aliphatic heterocycles. The van der Waals surface area contributed by atoms with E-state index in [2.05, 4.69) is 5.32 Å². The van der Waals surface area contributed by atoms with Crippen LogP contribution in [0.1, 0.15) is 31.7 Å². The number of anilines is 1. The average Bonchev–Trinajstić information content (AvgIpc) is 2.40. The molecular formula is C15H22N2O3. The fourth-order valence-electron chi connectivity index (χ4n) is 2.47. The summed E-state index contributed by atoms with van der Waals surface area (Å²) >= 11 is 0. The van der Waals surface area contributed by atoms with E-state index in [1.54, 1.807) is 18.2 Å². The van der Waals surface area contributed by atoms with E-state index in [9.17, 15) is 9.90 Å². The van der Waals surface area contributed by atoms with Crippen LogP contribution in [0.15, 0.2) is 18.2 Å². The largest absolute Gasteiger partial charge is 0.494 e. The van der Waals surface area contributed by atoms with Gasteiger partial charge in [-0.25, -0.2) is 0 Å². The van der Waals surface area contributed by atoms with E-state index in [4.69, 9.17) is 10.5 Å². The number of ether oxygens (including phenoxy) is 1. The highest BCUT2D eigenvalue weighted by Crippen LogP contribution is 2.41. The maximum atomic E-state index is 12.3. The summed E-state index contributed by atoms with van der Waals surface area (Å²) in [7, 11) is 0. The fraction of sp³-hybridized carbons (Fsp3) is 0.533. The third-order valence-corrected chi connectivity index (χ3v) is 3.97. The van der Waals surface area contributed by atoms with E-state index in [1.807, 2.05) is 6.92 Å². The molecule has 5 nitrogen and oxygen atoms in total. The van der Waals surface area contributed by atoms with Gasteiger partial charge in [-0.15, -0.1) is 0 Å². The molecule has 1 aliphatic carbocycles. The number of aliphatic hydroxyl groups is 1. The van der Waals surface area contributed by atoms with E-state index in [0.29, 0.717) is 30.2 Å². The zero-order valence-electron chi connectivity index (χ0n) is 11.8. The Morgan fingerprint density at radius 2 is 2.25 bits per heavy atom. The number of nitrogens with one attached hydrogen (secondary N) is 1. The number of nitrogens with two attached hydrogens (primary N) is 1. The molecule has 1 fully saturated rings. The van der Waals surface area contributed by atoms with Crippen molar-refractivity contribution in [2.45, 2.75) is 32.8 Å². The predicted octanol–water partition coefficient (Wildman–Crippen LogP) is 1.65. The molecule has 1 saturated carbocycles. The third kappa shape index (κ3) is 2.78. The Morgan fingerprint density at radius 3 is 2.75 bits per heavy atom. The van der Waals surface area contributed by atoms with Crippen LogP contribution in [0.25, 0.3) is 0 Å². The molecule has 0 radical (unpaired) electrons. The van der Waals surface area contributed by atoms with Gasteiger partial charge >= 0.3 is 0 Å². The summed E-state index contributed by atoms with van der Waals surface area (Å²) in [6.45, 7) is 2.68. The summed E-state index contributed by atoms with van der Waals surface area (Å²) in [5.41, 5.74) is 6.65. The number of carbonyl (C=O) groups is 1. The number of aliphatic hydroxyl groups excluding tert-OH is 1. The topological polar surface area (TPSA) is 84.6 Å². The van der Waals surface area contributed by atoms with Crippen LogP contribution in [-0.2, 0) is 11.4 Å². The number of hydrogen-bond donors (Lipinski definition) is 3. The molecule has 1 aromatic rings. The minimum absolute atomic E-state index is 0.0284. The van der Waals surface area contributed by atoms with Gasteiger partial charge in [0.05, 0.1) is 18.6 Å². The van der Waals surface area contributed by atoms with E-state index in [-0.39, 0.29) is 12.5 Å². The normalized spacial score (nSPS) is 16.4. The standard InChI is InChI=1S/C15H22N2O3/c1-2-20-13-5-4-12(8-11(13)9-18)17-14(19)15(10-16)6-3-7-15/h4-5,8,18H,2-3,6-7,9-10,16H2,1H3,(H,17,19). The van der Waals surface area contributed by atoms with Crippen LogP contribution in [0.5, 0.6) is 5.75 Å². The number of rotatable bonds is 6. The van der Waals surface area contributed by atoms with Crippen molar-refractivity contribution in [1.82, 2.24) is 0 Å². The van der Waals surface area contributed by atoms with Crippen molar-refractivity contribution in [2.24, 2.45) is 11.1 Å². The molecule has 1 amide bonds. The van der Waals surface area contributed by atoms with Gasteiger partial charge < -0.3 is 20.9 Å². The molecule has 0 aromatic heterocycles. The molecule has 4 N–H and O–H groups in total. The van der Waals surface area contributed by atoms with Crippen molar-refractivity contribution in [3.05, 3.63) is 23.8 Å². The summed E-state index contributed by atoms with van der Waals surface area (Å²) in [6.07, 6.45) is 2.74. The molecule has 1 aromatic carbocycles. The lowest BCUT2D eigenvalue weighted by Gasteiger charge is -2.39. The highest BCUT2D eigenvalue weighted by Gasteiger charge is 2.42. The second-order valence-corrected chi connectivity index (χ2v) is 5.21. The van der Waals surface area contributed by atoms with Crippen molar-refractivity contribution in [3.63, 3.8) is 0 Å². The lowest BCUT2D eigenvalue weighted by atomic mass is 9.68. The van der Waals surface area contributed by atoms with Gasteiger partial charge in [0.1, 0.15) is 5.75 Å². The first-order valence-corrected chi connectivity index (χ1v) is 7.03. The molecule has 2 rings (SSSR count). The molecular weight excluding hydrogens is 256 g/mol. The van der Waals surface area contributed by atoms with E-state index in [1.165, 1.54) is 0 Å². The Labute approximate surface area is 119 Å². The van der Waals surface area contributed by atoms with Gasteiger partial charge in [0.2, 0.25) is 5.91 Å². The van der Waals surface area contributed by atoms with Gasteiger partial charge in [0.15, 0.2) is 0 Å². The molecule has 5 heteroatoms. The SMILES string of the molecule is CCOc1ccc(NC(=O)C2(CN)CCC2)cc1CO. The first-order chi connectivity index (χ1) is 9.65. The first-order valence-electron chi connectivity index (χ1n) is 7.03. The summed E-state index contributed by atoms with van der Waals surface area (Å²) in [4.78, 5) is 12.3. The van der Waals surface area contributed by atoms with Crippen LogP contribution in [0.2, 0.25) is 0 Å². The molecule has 0 unspecified atom stereocenters. The Morgan fingerprint density at radius 1 is 1.50 bits per heavy atom. The predicted molar refractivity (Wildman–Crippen MR) is 77.5 cm³/mol. The first kappa shape index (κ1) is 14.8. The number of benzene rings is 1. The van der Waals surface area contributed by atoms with Gasteiger partial charge in [-0.1, -0.05) is 6.42 Å². The van der Waals surface area contributed by atoms with E-state index >= 15 is 0 Å². The second-order valence-electron chi connectivity index (χ2n) is 5.21. The molecule has 0 spiro atoms. The summed E-state index contributed by atoms with van der Waals surface area (Å²) in [5.74, 6) is 0.615. The van der Waals surface area contributed by atoms with E-state index in [0.717, 1.165) is 19.3 Å². The fourth-order valence-corrected chi connectivity index (χ4v) is 2.47. The molecule has 20 heavy (non-hydrogen) atoms. The quantitative estimate of drug-likeness (QED) is 0.738. The Hall–Kier alpha value is -1.59. The van der Waals surface area contributed by atoms with Gasteiger partial charge in [-0.2, -0.15) is 0 Å². The average molecular weight is 278 g/mol. The lowest BCUT2D eigenvalue weighted by molar-refractivity contribution is -0.129. The number of amides is 1. The van der Waals surface area contributed by atoms with Gasteiger partial charge in [0.25, 0.3) is 0 Å². The zero-order valence-corrected chi connectivity index (χ0v) is 11.8. The minimum Gasteiger partial charge on any atom is -0.494 e. The molecule has 0 saturated heterocycles. The van der Waals surface area contributed by atoms with Crippen molar-refractivity contribution < 1.29 is 14.6 Å². The van der Waals surface area contributed by atoms with Crippen LogP contribution in [0.3, 0.4) is 0 Å². The van der Waals surface area contributed by atoms with Crippen LogP contribution < -0.4 is 15.8 Å². The second kappa shape index (κ2) is 6.24. The van der Waals surface area contributed by atoms with Gasteiger partial charge in [0, 0.05) is 17.8 Å². The summed E-state index contributed by atoms with van der Waals surface area (Å²) < 4.78 is 5.42. The zero-order chi connectivity index (χ0) is 14.6. The van der Waals surface area contributed by atoms with Crippen molar-refractivity contribution >= 4 is 11.6 Å². The molecule has 1 aliphatic rings. The number of hydrogen-bond acceptors (Lipinski definition) is 4.